The molecule has 0 aliphatic carbocycles. The molecule has 1 saturated heterocycles. The monoisotopic (exact) mass is 387 g/mol. The summed E-state index contributed by atoms with van der Waals surface area (Å²) in [6.45, 7) is 3.27. The maximum atomic E-state index is 11.1. The zero-order valence-corrected chi connectivity index (χ0v) is 15.2. The van der Waals surface area contributed by atoms with Crippen molar-refractivity contribution in [2.24, 2.45) is 10.3 Å². The molecule has 142 valence electrons. The molecule has 0 saturated carbocycles. The van der Waals surface area contributed by atoms with Gasteiger partial charge in [-0.2, -0.15) is 8.42 Å². The molecular weight excluding hydrogens is 362 g/mol. The summed E-state index contributed by atoms with van der Waals surface area (Å²) in [6, 6.07) is 0. The number of hydrogen-bond acceptors (Lipinski definition) is 8. The van der Waals surface area contributed by atoms with Gasteiger partial charge in [0.1, 0.15) is 29.9 Å². The minimum atomic E-state index is -4.63. The van der Waals surface area contributed by atoms with Crippen molar-refractivity contribution >= 4 is 27.1 Å². The maximum Gasteiger partial charge on any atom is 0.379 e. The normalized spacial score (nSPS) is 33.5. The molecule has 1 aliphatic heterocycles. The first-order valence-corrected chi connectivity index (χ1v) is 9.90. The average molecular weight is 387 g/mol. The molecule has 1 unspecified atom stereocenters. The Kier molecular flexibility index (Phi) is 8.56. The zero-order valence-electron chi connectivity index (χ0n) is 13.5. The Morgan fingerprint density at radius 2 is 1.88 bits per heavy atom. The summed E-state index contributed by atoms with van der Waals surface area (Å²) in [4.78, 5) is 0. The Balaban J connectivity index is 2.94. The second-order valence-electron chi connectivity index (χ2n) is 5.85. The van der Waals surface area contributed by atoms with Crippen molar-refractivity contribution in [1.82, 2.24) is 0 Å². The third-order valence-corrected chi connectivity index (χ3v) is 5.34. The lowest BCUT2D eigenvalue weighted by molar-refractivity contribution is -0.205. The Bertz CT molecular complexity index is 524. The fraction of sp³-hybridized carbons (Fsp3) is 0.923. The van der Waals surface area contributed by atoms with Crippen LogP contribution >= 0.6 is 11.8 Å². The Morgan fingerprint density at radius 3 is 2.38 bits per heavy atom. The van der Waals surface area contributed by atoms with Gasteiger partial charge < -0.3 is 25.2 Å². The minimum absolute atomic E-state index is 0.0165. The van der Waals surface area contributed by atoms with Gasteiger partial charge >= 0.3 is 10.3 Å². The topological polar surface area (TPSA) is 157 Å². The fourth-order valence-electron chi connectivity index (χ4n) is 2.43. The molecule has 0 aromatic heterocycles. The molecule has 1 rings (SSSR count). The van der Waals surface area contributed by atoms with E-state index in [9.17, 15) is 23.7 Å². The van der Waals surface area contributed by atoms with Crippen molar-refractivity contribution in [2.45, 2.75) is 63.0 Å². The molecule has 1 heterocycles. The standard InChI is InChI=1S/C13H25NO8S2/c1-3-4-7(2)5-9(14-24(19,20)21)23-13-12(18)11(17)10(16)8(6-15)22-13/h7-8,10-13,15-18H,3-6H2,1-2H3,(H,19,20,21)/t7?,8-,10-,11+,12-,13+/m1/s1. The number of rotatable bonds is 7. The van der Waals surface area contributed by atoms with E-state index in [1.165, 1.54) is 0 Å². The molecule has 0 bridgehead atoms. The van der Waals surface area contributed by atoms with E-state index < -0.39 is 46.8 Å². The summed E-state index contributed by atoms with van der Waals surface area (Å²) >= 11 is 0.736. The first kappa shape index (κ1) is 21.8. The van der Waals surface area contributed by atoms with Crippen molar-refractivity contribution in [3.63, 3.8) is 0 Å². The van der Waals surface area contributed by atoms with Gasteiger partial charge in [-0.15, -0.1) is 4.40 Å². The maximum absolute atomic E-state index is 11.1. The predicted molar refractivity (Wildman–Crippen MR) is 89.0 cm³/mol. The lowest BCUT2D eigenvalue weighted by Gasteiger charge is -2.39. The average Bonchev–Trinajstić information content (AvgIpc) is 2.46. The molecule has 1 aliphatic rings. The van der Waals surface area contributed by atoms with Gasteiger partial charge in [-0.05, 0) is 12.3 Å². The highest BCUT2D eigenvalue weighted by Crippen LogP contribution is 2.31. The molecule has 0 spiro atoms. The summed E-state index contributed by atoms with van der Waals surface area (Å²) in [5, 5.41) is 38.7. The van der Waals surface area contributed by atoms with Gasteiger partial charge in [-0.1, -0.05) is 38.5 Å². The highest BCUT2D eigenvalue weighted by molar-refractivity contribution is 8.14. The van der Waals surface area contributed by atoms with Gasteiger partial charge in [0.25, 0.3) is 0 Å². The summed E-state index contributed by atoms with van der Waals surface area (Å²) in [5.74, 6) is 0.0767. The van der Waals surface area contributed by atoms with Crippen LogP contribution in [0.1, 0.15) is 33.1 Å². The third-order valence-electron chi connectivity index (χ3n) is 3.62. The van der Waals surface area contributed by atoms with Gasteiger partial charge in [0, 0.05) is 0 Å². The van der Waals surface area contributed by atoms with Gasteiger partial charge in [-0.25, -0.2) is 0 Å². The van der Waals surface area contributed by atoms with Crippen molar-refractivity contribution in [2.75, 3.05) is 6.61 Å². The van der Waals surface area contributed by atoms with Crippen LogP contribution in [0.3, 0.4) is 0 Å². The summed E-state index contributed by atoms with van der Waals surface area (Å²) in [7, 11) is -4.63. The van der Waals surface area contributed by atoms with E-state index in [2.05, 4.69) is 4.40 Å². The summed E-state index contributed by atoms with van der Waals surface area (Å²) in [6.07, 6.45) is -3.75. The molecule has 1 fully saturated rings. The molecule has 0 aromatic rings. The van der Waals surface area contributed by atoms with E-state index in [-0.39, 0.29) is 17.4 Å². The van der Waals surface area contributed by atoms with E-state index >= 15 is 0 Å². The van der Waals surface area contributed by atoms with Gasteiger partial charge in [0.05, 0.1) is 11.7 Å². The number of aliphatic hydroxyl groups excluding tert-OH is 4. The molecular formula is C13H25NO8S2. The summed E-state index contributed by atoms with van der Waals surface area (Å²) < 4.78 is 39.7. The van der Waals surface area contributed by atoms with Crippen LogP contribution < -0.4 is 0 Å². The Labute approximate surface area is 145 Å². The van der Waals surface area contributed by atoms with E-state index in [1.807, 2.05) is 13.8 Å². The largest absolute Gasteiger partial charge is 0.394 e. The second kappa shape index (κ2) is 9.43. The van der Waals surface area contributed by atoms with Crippen molar-refractivity contribution < 1.29 is 38.1 Å². The molecule has 24 heavy (non-hydrogen) atoms. The zero-order chi connectivity index (χ0) is 18.5. The van der Waals surface area contributed by atoms with Crippen LogP contribution in [0.15, 0.2) is 4.40 Å². The molecule has 5 N–H and O–H groups in total. The smallest absolute Gasteiger partial charge is 0.379 e. The van der Waals surface area contributed by atoms with Crippen molar-refractivity contribution in [3.8, 4) is 0 Å². The van der Waals surface area contributed by atoms with Crippen LogP contribution in [0.25, 0.3) is 0 Å². The van der Waals surface area contributed by atoms with E-state index in [4.69, 9.17) is 14.4 Å². The van der Waals surface area contributed by atoms with Gasteiger partial charge in [-0.3, -0.25) is 4.55 Å². The molecule has 9 nitrogen and oxygen atoms in total. The highest BCUT2D eigenvalue weighted by atomic mass is 32.2. The fourth-order valence-corrected chi connectivity index (χ4v) is 4.36. The SMILES string of the molecule is CCCC(C)CC(=NS(=O)(=O)O)S[C@@H]1O[C@H](CO)[C@@H](O)[C@H](O)[C@H]1O. The second-order valence-corrected chi connectivity index (χ2v) is 8.10. The number of aliphatic hydroxyl groups is 4. The van der Waals surface area contributed by atoms with Crippen LogP contribution in [0.5, 0.6) is 0 Å². The third kappa shape index (κ3) is 6.56. The first-order chi connectivity index (χ1) is 11.1. The highest BCUT2D eigenvalue weighted by Gasteiger charge is 2.44. The molecule has 0 aromatic carbocycles. The predicted octanol–water partition coefficient (Wildman–Crippen LogP) is -0.453. The molecule has 0 radical (unpaired) electrons. The van der Waals surface area contributed by atoms with Crippen LogP contribution in [-0.2, 0) is 15.0 Å². The van der Waals surface area contributed by atoms with Gasteiger partial charge in [0.15, 0.2) is 0 Å². The van der Waals surface area contributed by atoms with E-state index in [0.717, 1.165) is 24.6 Å². The van der Waals surface area contributed by atoms with E-state index in [0.29, 0.717) is 0 Å². The summed E-state index contributed by atoms with van der Waals surface area (Å²) in [5.41, 5.74) is -1.14. The van der Waals surface area contributed by atoms with Crippen LogP contribution in [0.2, 0.25) is 0 Å². The van der Waals surface area contributed by atoms with Gasteiger partial charge in [0.2, 0.25) is 0 Å². The van der Waals surface area contributed by atoms with Crippen LogP contribution in [0.4, 0.5) is 0 Å². The lowest BCUT2D eigenvalue weighted by atomic mass is 10.0. The number of thioether (sulfide) groups is 1. The lowest BCUT2D eigenvalue weighted by Crippen LogP contribution is -2.57. The minimum Gasteiger partial charge on any atom is -0.394 e. The number of ether oxygens (including phenoxy) is 1. The van der Waals surface area contributed by atoms with E-state index in [1.54, 1.807) is 0 Å². The Hall–Kier alpha value is -0.270. The number of nitrogens with zero attached hydrogens (tertiary/aromatic N) is 1. The molecule has 0 amide bonds. The van der Waals surface area contributed by atoms with Crippen molar-refractivity contribution in [1.29, 1.82) is 0 Å². The van der Waals surface area contributed by atoms with Crippen LogP contribution in [-0.4, -0.2) is 74.9 Å². The molecule has 6 atom stereocenters. The van der Waals surface area contributed by atoms with Crippen molar-refractivity contribution in [3.05, 3.63) is 0 Å². The van der Waals surface area contributed by atoms with Crippen LogP contribution in [0, 0.1) is 5.92 Å². The number of hydrogen-bond donors (Lipinski definition) is 5. The quantitative estimate of drug-likeness (QED) is 0.222. The molecule has 11 heteroatoms. The Morgan fingerprint density at radius 1 is 1.25 bits per heavy atom. The first-order valence-electron chi connectivity index (χ1n) is 7.62.